The van der Waals surface area contributed by atoms with Crippen molar-refractivity contribution >= 4 is 0 Å². The summed E-state index contributed by atoms with van der Waals surface area (Å²) < 4.78 is 5.87. The summed E-state index contributed by atoms with van der Waals surface area (Å²) >= 11 is 0. The van der Waals surface area contributed by atoms with Gasteiger partial charge in [-0.1, -0.05) is 32.9 Å². The molecule has 3 nitrogen and oxygen atoms in total. The predicted octanol–water partition coefficient (Wildman–Crippen LogP) is 2.79. The second-order valence-electron chi connectivity index (χ2n) is 6.99. The number of hydrogen-bond donors (Lipinski definition) is 2. The summed E-state index contributed by atoms with van der Waals surface area (Å²) in [6.07, 6.45) is 1.51. The molecule has 1 aromatic rings. The van der Waals surface area contributed by atoms with Crippen molar-refractivity contribution in [2.24, 2.45) is 0 Å². The lowest BCUT2D eigenvalue weighted by atomic mass is 9.86. The van der Waals surface area contributed by atoms with Crippen LogP contribution in [0, 0.1) is 6.92 Å². The van der Waals surface area contributed by atoms with Gasteiger partial charge in [0, 0.05) is 0 Å². The van der Waals surface area contributed by atoms with Gasteiger partial charge in [0.05, 0.1) is 0 Å². The van der Waals surface area contributed by atoms with Crippen molar-refractivity contribution in [1.82, 2.24) is 5.32 Å². The molecule has 0 atom stereocenters. The summed E-state index contributed by atoms with van der Waals surface area (Å²) in [6, 6.07) is 6.33. The van der Waals surface area contributed by atoms with Crippen molar-refractivity contribution < 1.29 is 9.84 Å². The molecule has 0 aliphatic carbocycles. The summed E-state index contributed by atoms with van der Waals surface area (Å²) in [6.45, 7) is 10.8. The Kier molecular flexibility index (Phi) is 4.40. The van der Waals surface area contributed by atoms with Gasteiger partial charge in [0.25, 0.3) is 0 Å². The molecule has 0 spiro atoms. The fourth-order valence-corrected chi connectivity index (χ4v) is 2.53. The molecule has 0 radical (unpaired) electrons. The SMILES string of the molecule is Cc1cc(C(C)(C)C)ccc1OCC1(O)CCNCC1. The molecule has 1 saturated heterocycles. The minimum atomic E-state index is -0.680. The summed E-state index contributed by atoms with van der Waals surface area (Å²) in [7, 11) is 0. The van der Waals surface area contributed by atoms with Gasteiger partial charge in [0.2, 0.25) is 0 Å². The molecule has 0 amide bonds. The topological polar surface area (TPSA) is 41.5 Å². The Bertz CT molecular complexity index is 457. The molecular formula is C17H27NO2. The molecule has 1 aliphatic heterocycles. The highest BCUT2D eigenvalue weighted by Crippen LogP contribution is 2.28. The van der Waals surface area contributed by atoms with Crippen LogP contribution in [-0.2, 0) is 5.41 Å². The Morgan fingerprint density at radius 3 is 2.45 bits per heavy atom. The van der Waals surface area contributed by atoms with Crippen LogP contribution in [0.5, 0.6) is 5.75 Å². The normalized spacial score (nSPS) is 18.9. The largest absolute Gasteiger partial charge is 0.490 e. The molecule has 2 rings (SSSR count). The van der Waals surface area contributed by atoms with Crippen LogP contribution in [0.2, 0.25) is 0 Å². The Labute approximate surface area is 122 Å². The number of piperidine rings is 1. The Hall–Kier alpha value is -1.06. The molecule has 3 heteroatoms. The molecule has 1 fully saturated rings. The quantitative estimate of drug-likeness (QED) is 0.892. The number of ether oxygens (including phenoxy) is 1. The van der Waals surface area contributed by atoms with Gasteiger partial charge in [0.1, 0.15) is 18.0 Å². The van der Waals surface area contributed by atoms with E-state index in [1.807, 2.05) is 6.07 Å². The zero-order chi connectivity index (χ0) is 14.8. The van der Waals surface area contributed by atoms with Gasteiger partial charge in [-0.25, -0.2) is 0 Å². The van der Waals surface area contributed by atoms with Crippen LogP contribution in [0.15, 0.2) is 18.2 Å². The summed E-state index contributed by atoms with van der Waals surface area (Å²) in [4.78, 5) is 0. The van der Waals surface area contributed by atoms with Gasteiger partial charge < -0.3 is 15.2 Å². The number of rotatable bonds is 3. The van der Waals surface area contributed by atoms with E-state index in [0.29, 0.717) is 6.61 Å². The average Bonchev–Trinajstić information content (AvgIpc) is 2.37. The first-order chi connectivity index (χ1) is 9.30. The van der Waals surface area contributed by atoms with Crippen molar-refractivity contribution in [3.05, 3.63) is 29.3 Å². The molecule has 0 unspecified atom stereocenters. The lowest BCUT2D eigenvalue weighted by molar-refractivity contribution is -0.0287. The fourth-order valence-electron chi connectivity index (χ4n) is 2.53. The molecule has 20 heavy (non-hydrogen) atoms. The van der Waals surface area contributed by atoms with Crippen LogP contribution in [0.4, 0.5) is 0 Å². The molecular weight excluding hydrogens is 250 g/mol. The van der Waals surface area contributed by atoms with Gasteiger partial charge in [-0.3, -0.25) is 0 Å². The number of aliphatic hydroxyl groups is 1. The molecule has 112 valence electrons. The van der Waals surface area contributed by atoms with E-state index >= 15 is 0 Å². The lowest BCUT2D eigenvalue weighted by Gasteiger charge is -2.32. The third kappa shape index (κ3) is 3.74. The first kappa shape index (κ1) is 15.3. The van der Waals surface area contributed by atoms with Crippen LogP contribution >= 0.6 is 0 Å². The maximum absolute atomic E-state index is 10.4. The van der Waals surface area contributed by atoms with Gasteiger partial charge in [-0.2, -0.15) is 0 Å². The highest BCUT2D eigenvalue weighted by atomic mass is 16.5. The molecule has 0 saturated carbocycles. The van der Waals surface area contributed by atoms with Crippen LogP contribution < -0.4 is 10.1 Å². The fraction of sp³-hybridized carbons (Fsp3) is 0.647. The Balaban J connectivity index is 2.03. The van der Waals surface area contributed by atoms with E-state index < -0.39 is 5.60 Å². The number of hydrogen-bond acceptors (Lipinski definition) is 3. The lowest BCUT2D eigenvalue weighted by Crippen LogP contribution is -2.46. The van der Waals surface area contributed by atoms with E-state index in [2.05, 4.69) is 45.1 Å². The van der Waals surface area contributed by atoms with E-state index in [-0.39, 0.29) is 5.41 Å². The monoisotopic (exact) mass is 277 g/mol. The van der Waals surface area contributed by atoms with E-state index in [0.717, 1.165) is 37.2 Å². The van der Waals surface area contributed by atoms with Crippen molar-refractivity contribution in [1.29, 1.82) is 0 Å². The summed E-state index contributed by atoms with van der Waals surface area (Å²) in [5.74, 6) is 0.880. The standard InChI is InChI=1S/C17H27NO2/c1-13-11-14(16(2,3)4)5-6-15(13)20-12-17(19)7-9-18-10-8-17/h5-6,11,18-19H,7-10,12H2,1-4H3. The Morgan fingerprint density at radius 2 is 1.90 bits per heavy atom. The first-order valence-corrected chi connectivity index (χ1v) is 7.47. The molecule has 1 aliphatic rings. The minimum absolute atomic E-state index is 0.149. The molecule has 2 N–H and O–H groups in total. The van der Waals surface area contributed by atoms with Gasteiger partial charge in [0.15, 0.2) is 0 Å². The van der Waals surface area contributed by atoms with Gasteiger partial charge in [-0.15, -0.1) is 0 Å². The highest BCUT2D eigenvalue weighted by molar-refractivity contribution is 5.38. The summed E-state index contributed by atoms with van der Waals surface area (Å²) in [5, 5.41) is 13.7. The smallest absolute Gasteiger partial charge is 0.122 e. The number of benzene rings is 1. The second-order valence-corrected chi connectivity index (χ2v) is 6.99. The van der Waals surface area contributed by atoms with E-state index in [9.17, 15) is 5.11 Å². The first-order valence-electron chi connectivity index (χ1n) is 7.47. The van der Waals surface area contributed by atoms with Crippen LogP contribution in [0.3, 0.4) is 0 Å². The third-order valence-corrected chi connectivity index (χ3v) is 4.07. The maximum atomic E-state index is 10.4. The Morgan fingerprint density at radius 1 is 1.25 bits per heavy atom. The average molecular weight is 277 g/mol. The maximum Gasteiger partial charge on any atom is 0.122 e. The zero-order valence-electron chi connectivity index (χ0n) is 13.1. The van der Waals surface area contributed by atoms with E-state index in [1.54, 1.807) is 0 Å². The van der Waals surface area contributed by atoms with Gasteiger partial charge in [-0.05, 0) is 55.5 Å². The highest BCUT2D eigenvalue weighted by Gasteiger charge is 2.30. The van der Waals surface area contributed by atoms with E-state index in [1.165, 1.54) is 5.56 Å². The molecule has 0 aromatic heterocycles. The zero-order valence-corrected chi connectivity index (χ0v) is 13.1. The van der Waals surface area contributed by atoms with Crippen molar-refractivity contribution in [3.8, 4) is 5.75 Å². The molecule has 0 bridgehead atoms. The van der Waals surface area contributed by atoms with Crippen molar-refractivity contribution in [3.63, 3.8) is 0 Å². The van der Waals surface area contributed by atoms with Crippen molar-refractivity contribution in [2.45, 2.75) is 51.6 Å². The second kappa shape index (κ2) is 5.74. The van der Waals surface area contributed by atoms with Crippen molar-refractivity contribution in [2.75, 3.05) is 19.7 Å². The molecule has 1 aromatic carbocycles. The number of aryl methyl sites for hydroxylation is 1. The summed E-state index contributed by atoms with van der Waals surface area (Å²) in [5.41, 5.74) is 1.91. The third-order valence-electron chi connectivity index (χ3n) is 4.07. The van der Waals surface area contributed by atoms with Crippen LogP contribution in [-0.4, -0.2) is 30.4 Å². The van der Waals surface area contributed by atoms with E-state index in [4.69, 9.17) is 4.74 Å². The predicted molar refractivity (Wildman–Crippen MR) is 82.4 cm³/mol. The van der Waals surface area contributed by atoms with Crippen LogP contribution in [0.1, 0.15) is 44.7 Å². The van der Waals surface area contributed by atoms with Crippen LogP contribution in [0.25, 0.3) is 0 Å². The van der Waals surface area contributed by atoms with Gasteiger partial charge >= 0.3 is 0 Å². The number of nitrogens with one attached hydrogen (secondary N) is 1. The molecule has 1 heterocycles. The minimum Gasteiger partial charge on any atom is -0.490 e.